The summed E-state index contributed by atoms with van der Waals surface area (Å²) in [5.74, 6) is -2.14. The van der Waals surface area contributed by atoms with E-state index in [-0.39, 0.29) is 50.5 Å². The second kappa shape index (κ2) is 9.08. The highest BCUT2D eigenvalue weighted by molar-refractivity contribution is 5.88. The highest BCUT2D eigenvalue weighted by Gasteiger charge is 2.40. The SMILES string of the molecule is CC(C)OC(=O)OCCOC(=O)c1nc(C(F)(F)F)n2c1CNCC2.Cl. The van der Waals surface area contributed by atoms with E-state index < -0.39 is 29.8 Å². The molecule has 1 aromatic rings. The largest absolute Gasteiger partial charge is 0.508 e. The minimum atomic E-state index is -4.67. The first-order chi connectivity index (χ1) is 11.7. The molecule has 2 rings (SSSR count). The first-order valence-electron chi connectivity index (χ1n) is 7.58. The molecular formula is C14H19ClF3N3O5. The van der Waals surface area contributed by atoms with Crippen molar-refractivity contribution in [3.8, 4) is 0 Å². The molecule has 0 aromatic carbocycles. The molecule has 2 heterocycles. The van der Waals surface area contributed by atoms with Crippen molar-refractivity contribution in [3.63, 3.8) is 0 Å². The van der Waals surface area contributed by atoms with Crippen molar-refractivity contribution in [2.75, 3.05) is 19.8 Å². The van der Waals surface area contributed by atoms with Gasteiger partial charge in [0.05, 0.1) is 11.8 Å². The van der Waals surface area contributed by atoms with Gasteiger partial charge in [0.2, 0.25) is 5.82 Å². The number of esters is 1. The Morgan fingerprint density at radius 1 is 1.27 bits per heavy atom. The van der Waals surface area contributed by atoms with Crippen molar-refractivity contribution >= 4 is 24.5 Å². The van der Waals surface area contributed by atoms with E-state index in [2.05, 4.69) is 15.0 Å². The monoisotopic (exact) mass is 401 g/mol. The van der Waals surface area contributed by atoms with E-state index in [0.29, 0.717) is 6.54 Å². The standard InChI is InChI=1S/C14H18F3N3O5.ClH/c1-8(2)25-13(22)24-6-5-23-11(21)10-9-7-18-3-4-20(9)12(19-10)14(15,16)17;/h8,18H,3-7H2,1-2H3;1H. The average molecular weight is 402 g/mol. The Balaban J connectivity index is 0.00000338. The molecule has 0 fully saturated rings. The summed E-state index contributed by atoms with van der Waals surface area (Å²) in [5, 5.41) is 2.88. The summed E-state index contributed by atoms with van der Waals surface area (Å²) in [5.41, 5.74) is -0.284. The fraction of sp³-hybridized carbons (Fsp3) is 0.643. The van der Waals surface area contributed by atoms with Gasteiger partial charge < -0.3 is 24.1 Å². The first kappa shape index (κ1) is 22.0. The zero-order chi connectivity index (χ0) is 18.6. The Kier molecular flexibility index (Phi) is 7.69. The minimum absolute atomic E-state index is 0. The second-order valence-electron chi connectivity index (χ2n) is 5.46. The molecule has 0 radical (unpaired) electrons. The number of halogens is 4. The first-order valence-corrected chi connectivity index (χ1v) is 7.58. The van der Waals surface area contributed by atoms with Gasteiger partial charge in [0.15, 0.2) is 5.69 Å². The predicted molar refractivity (Wildman–Crippen MR) is 84.0 cm³/mol. The van der Waals surface area contributed by atoms with E-state index in [4.69, 9.17) is 9.47 Å². The van der Waals surface area contributed by atoms with Gasteiger partial charge in [-0.25, -0.2) is 14.6 Å². The number of aromatic nitrogens is 2. The van der Waals surface area contributed by atoms with Crippen LogP contribution in [0, 0.1) is 0 Å². The maximum atomic E-state index is 13.0. The summed E-state index contributed by atoms with van der Waals surface area (Å²) in [6.45, 7) is 3.13. The summed E-state index contributed by atoms with van der Waals surface area (Å²) < 4.78 is 54.2. The van der Waals surface area contributed by atoms with Crippen molar-refractivity contribution in [3.05, 3.63) is 17.2 Å². The van der Waals surface area contributed by atoms with Crippen LogP contribution in [-0.4, -0.2) is 47.5 Å². The van der Waals surface area contributed by atoms with Crippen LogP contribution >= 0.6 is 12.4 Å². The van der Waals surface area contributed by atoms with Crippen LogP contribution < -0.4 is 5.32 Å². The van der Waals surface area contributed by atoms with E-state index in [9.17, 15) is 22.8 Å². The number of hydrogen-bond donors (Lipinski definition) is 1. The van der Waals surface area contributed by atoms with Gasteiger partial charge >= 0.3 is 18.3 Å². The van der Waals surface area contributed by atoms with Gasteiger partial charge in [-0.15, -0.1) is 12.4 Å². The lowest BCUT2D eigenvalue weighted by molar-refractivity contribution is -0.147. The zero-order valence-electron chi connectivity index (χ0n) is 14.1. The Bertz CT molecular complexity index is 649. The third-order valence-corrected chi connectivity index (χ3v) is 3.19. The maximum Gasteiger partial charge on any atom is 0.508 e. The van der Waals surface area contributed by atoms with Crippen molar-refractivity contribution in [2.45, 2.75) is 39.2 Å². The molecule has 0 spiro atoms. The fourth-order valence-corrected chi connectivity index (χ4v) is 2.24. The lowest BCUT2D eigenvalue weighted by Gasteiger charge is -2.19. The van der Waals surface area contributed by atoms with Crippen molar-refractivity contribution < 1.29 is 37.0 Å². The summed E-state index contributed by atoms with van der Waals surface area (Å²) >= 11 is 0. The lowest BCUT2D eigenvalue weighted by atomic mass is 10.2. The van der Waals surface area contributed by atoms with E-state index in [1.54, 1.807) is 13.8 Å². The molecule has 0 saturated heterocycles. The molecule has 0 amide bonds. The molecule has 0 bridgehead atoms. The van der Waals surface area contributed by atoms with Crippen molar-refractivity contribution in [1.29, 1.82) is 0 Å². The van der Waals surface area contributed by atoms with Gasteiger partial charge in [0.25, 0.3) is 0 Å². The van der Waals surface area contributed by atoms with Gasteiger partial charge in [0.1, 0.15) is 13.2 Å². The van der Waals surface area contributed by atoms with Crippen LogP contribution in [0.25, 0.3) is 0 Å². The highest BCUT2D eigenvalue weighted by atomic mass is 35.5. The third kappa shape index (κ3) is 5.49. The van der Waals surface area contributed by atoms with E-state index >= 15 is 0 Å². The maximum absolute atomic E-state index is 13.0. The summed E-state index contributed by atoms with van der Waals surface area (Å²) in [6.07, 6.45) is -5.96. The number of nitrogens with one attached hydrogen (secondary N) is 1. The van der Waals surface area contributed by atoms with Gasteiger partial charge in [0, 0.05) is 19.6 Å². The fourth-order valence-electron chi connectivity index (χ4n) is 2.24. The molecule has 1 aliphatic heterocycles. The molecule has 0 atom stereocenters. The molecule has 1 N–H and O–H groups in total. The zero-order valence-corrected chi connectivity index (χ0v) is 14.9. The number of fused-ring (bicyclic) bond motifs is 1. The molecule has 12 heteroatoms. The van der Waals surface area contributed by atoms with Crippen LogP contribution in [0.2, 0.25) is 0 Å². The van der Waals surface area contributed by atoms with Crippen LogP contribution in [0.15, 0.2) is 0 Å². The predicted octanol–water partition coefficient (Wildman–Crippen LogP) is 2.15. The molecule has 1 aromatic heterocycles. The average Bonchev–Trinajstić information content (AvgIpc) is 2.90. The molecule has 1 aliphatic rings. The Labute approximate surface area is 153 Å². The molecule has 26 heavy (non-hydrogen) atoms. The van der Waals surface area contributed by atoms with E-state index in [0.717, 1.165) is 4.57 Å². The van der Waals surface area contributed by atoms with Crippen molar-refractivity contribution in [1.82, 2.24) is 14.9 Å². The number of imidazole rings is 1. The number of alkyl halides is 3. The summed E-state index contributed by atoms with van der Waals surface area (Å²) in [7, 11) is 0. The number of carbonyl (C=O) groups is 2. The number of carbonyl (C=O) groups excluding carboxylic acids is 2. The van der Waals surface area contributed by atoms with E-state index in [1.165, 1.54) is 0 Å². The molecule has 0 aliphatic carbocycles. The molecule has 0 saturated carbocycles. The number of hydrogen-bond acceptors (Lipinski definition) is 7. The van der Waals surface area contributed by atoms with Crippen molar-refractivity contribution in [2.24, 2.45) is 0 Å². The van der Waals surface area contributed by atoms with Gasteiger partial charge in [-0.05, 0) is 13.8 Å². The molecule has 0 unspecified atom stereocenters. The van der Waals surface area contributed by atoms with Gasteiger partial charge in [-0.2, -0.15) is 13.2 Å². The Morgan fingerprint density at radius 2 is 1.92 bits per heavy atom. The third-order valence-electron chi connectivity index (χ3n) is 3.19. The summed E-state index contributed by atoms with van der Waals surface area (Å²) in [4.78, 5) is 26.6. The Morgan fingerprint density at radius 3 is 2.54 bits per heavy atom. The topological polar surface area (TPSA) is 91.7 Å². The molecule has 148 valence electrons. The lowest BCUT2D eigenvalue weighted by Crippen LogP contribution is -2.31. The summed E-state index contributed by atoms with van der Waals surface area (Å²) in [6, 6.07) is 0. The Hall–Kier alpha value is -2.01. The number of nitrogens with zero attached hydrogens (tertiary/aromatic N) is 2. The second-order valence-corrected chi connectivity index (χ2v) is 5.46. The van der Waals surface area contributed by atoms with E-state index in [1.807, 2.05) is 0 Å². The quantitative estimate of drug-likeness (QED) is 0.597. The van der Waals surface area contributed by atoms with Crippen LogP contribution in [0.4, 0.5) is 18.0 Å². The van der Waals surface area contributed by atoms with Crippen LogP contribution in [0.1, 0.15) is 35.9 Å². The normalized spacial score (nSPS) is 13.6. The number of ether oxygens (including phenoxy) is 3. The van der Waals surface area contributed by atoms with Gasteiger partial charge in [-0.3, -0.25) is 0 Å². The van der Waals surface area contributed by atoms with Crippen LogP contribution in [0.3, 0.4) is 0 Å². The minimum Gasteiger partial charge on any atom is -0.457 e. The van der Waals surface area contributed by atoms with Crippen LogP contribution in [0.5, 0.6) is 0 Å². The molecule has 8 nitrogen and oxygen atoms in total. The molecular weight excluding hydrogens is 383 g/mol. The van der Waals surface area contributed by atoms with Crippen LogP contribution in [-0.2, 0) is 33.5 Å². The highest BCUT2D eigenvalue weighted by Crippen LogP contribution is 2.31. The van der Waals surface area contributed by atoms with Gasteiger partial charge in [-0.1, -0.05) is 0 Å². The number of rotatable bonds is 5. The smallest absolute Gasteiger partial charge is 0.457 e.